The van der Waals surface area contributed by atoms with E-state index in [1.54, 1.807) is 10.9 Å². The fraction of sp³-hybridized carbons (Fsp3) is 0.524. The van der Waals surface area contributed by atoms with E-state index in [9.17, 15) is 4.79 Å². The van der Waals surface area contributed by atoms with Crippen LogP contribution in [0.3, 0.4) is 0 Å². The van der Waals surface area contributed by atoms with Crippen LogP contribution in [0.15, 0.2) is 48.8 Å². The van der Waals surface area contributed by atoms with Gasteiger partial charge in [0.25, 0.3) is 0 Å². The molecule has 0 aliphatic carbocycles. The molecule has 1 fully saturated rings. The lowest BCUT2D eigenvalue weighted by molar-refractivity contribution is -0.121. The number of ether oxygens (including phenoxy) is 1. The minimum absolute atomic E-state index is 0.0538. The minimum Gasteiger partial charge on any atom is -0.376 e. The van der Waals surface area contributed by atoms with Crippen molar-refractivity contribution in [2.75, 3.05) is 13.2 Å². The van der Waals surface area contributed by atoms with Crippen LogP contribution in [-0.2, 0) is 21.5 Å². The molecule has 0 unspecified atom stereocenters. The summed E-state index contributed by atoms with van der Waals surface area (Å²) in [6.45, 7) is 6.38. The normalized spacial score (nSPS) is 22.1. The molecule has 5 nitrogen and oxygen atoms in total. The molecular weight excluding hydrogens is 326 g/mol. The summed E-state index contributed by atoms with van der Waals surface area (Å²) >= 11 is 0. The molecule has 1 aliphatic heterocycles. The van der Waals surface area contributed by atoms with Crippen LogP contribution < -0.4 is 5.32 Å². The molecule has 1 saturated heterocycles. The third-order valence-corrected chi connectivity index (χ3v) is 5.28. The number of aromatic nitrogens is 2. The number of rotatable bonds is 7. The number of carbonyl (C=O) groups excluding carboxylic acids is 1. The quantitative estimate of drug-likeness (QED) is 0.829. The highest BCUT2D eigenvalue weighted by Gasteiger charge is 2.41. The molecule has 1 atom stereocenters. The van der Waals surface area contributed by atoms with Gasteiger partial charge in [-0.25, -0.2) is 0 Å². The zero-order valence-electron chi connectivity index (χ0n) is 15.8. The Balaban J connectivity index is 1.59. The van der Waals surface area contributed by atoms with Crippen LogP contribution in [0.5, 0.6) is 0 Å². The van der Waals surface area contributed by atoms with E-state index >= 15 is 0 Å². The number of nitrogens with zero attached hydrogens (tertiary/aromatic N) is 2. The highest BCUT2D eigenvalue weighted by molar-refractivity contribution is 5.75. The van der Waals surface area contributed by atoms with Crippen molar-refractivity contribution in [1.29, 1.82) is 0 Å². The average molecular weight is 355 g/mol. The number of aryl methyl sites for hydroxylation is 1. The largest absolute Gasteiger partial charge is 0.376 e. The van der Waals surface area contributed by atoms with E-state index in [1.807, 2.05) is 12.3 Å². The van der Waals surface area contributed by atoms with Gasteiger partial charge in [-0.15, -0.1) is 0 Å². The number of benzene rings is 1. The van der Waals surface area contributed by atoms with Gasteiger partial charge in [-0.2, -0.15) is 5.10 Å². The Morgan fingerprint density at radius 2 is 2.08 bits per heavy atom. The van der Waals surface area contributed by atoms with Crippen molar-refractivity contribution in [2.24, 2.45) is 0 Å². The molecule has 0 saturated carbocycles. The van der Waals surface area contributed by atoms with E-state index in [2.05, 4.69) is 54.6 Å². The number of hydrogen-bond acceptors (Lipinski definition) is 3. The molecule has 2 heterocycles. The maximum atomic E-state index is 12.2. The first kappa shape index (κ1) is 18.6. The fourth-order valence-electron chi connectivity index (χ4n) is 4.05. The first-order valence-electron chi connectivity index (χ1n) is 9.43. The van der Waals surface area contributed by atoms with Gasteiger partial charge in [-0.1, -0.05) is 30.3 Å². The lowest BCUT2D eigenvalue weighted by atomic mass is 9.67. The summed E-state index contributed by atoms with van der Waals surface area (Å²) in [5.74, 6) is 0.0787. The number of nitrogens with one attached hydrogen (secondary N) is 1. The molecule has 1 aromatic carbocycles. The van der Waals surface area contributed by atoms with Crippen LogP contribution in [0.4, 0.5) is 0 Å². The van der Waals surface area contributed by atoms with Gasteiger partial charge in [0.15, 0.2) is 0 Å². The van der Waals surface area contributed by atoms with E-state index in [-0.39, 0.29) is 16.9 Å². The highest BCUT2D eigenvalue weighted by Crippen LogP contribution is 2.43. The second-order valence-corrected chi connectivity index (χ2v) is 7.80. The average Bonchev–Trinajstić information content (AvgIpc) is 3.13. The Bertz CT molecular complexity index is 697. The van der Waals surface area contributed by atoms with Gasteiger partial charge in [0, 0.05) is 43.9 Å². The number of carbonyl (C=O) groups is 1. The smallest absolute Gasteiger partial charge is 0.221 e. The molecule has 2 aromatic rings. The Morgan fingerprint density at radius 3 is 2.77 bits per heavy atom. The van der Waals surface area contributed by atoms with Crippen LogP contribution in [0.1, 0.15) is 45.1 Å². The van der Waals surface area contributed by atoms with Crippen molar-refractivity contribution < 1.29 is 9.53 Å². The van der Waals surface area contributed by atoms with Crippen molar-refractivity contribution in [1.82, 2.24) is 15.1 Å². The van der Waals surface area contributed by atoms with Crippen molar-refractivity contribution in [3.05, 3.63) is 54.4 Å². The molecule has 0 radical (unpaired) electrons. The van der Waals surface area contributed by atoms with E-state index in [0.717, 1.165) is 25.9 Å². The zero-order chi connectivity index (χ0) is 18.5. The van der Waals surface area contributed by atoms with Crippen molar-refractivity contribution in [3.8, 4) is 0 Å². The summed E-state index contributed by atoms with van der Waals surface area (Å²) < 4.78 is 7.74. The van der Waals surface area contributed by atoms with Gasteiger partial charge in [-0.3, -0.25) is 9.48 Å². The summed E-state index contributed by atoms with van der Waals surface area (Å²) in [7, 11) is 0. The van der Waals surface area contributed by atoms with E-state index in [4.69, 9.17) is 4.74 Å². The van der Waals surface area contributed by atoms with Gasteiger partial charge in [0.2, 0.25) is 5.91 Å². The Morgan fingerprint density at radius 1 is 1.27 bits per heavy atom. The summed E-state index contributed by atoms with van der Waals surface area (Å²) in [4.78, 5) is 12.2. The Hall–Kier alpha value is -2.14. The van der Waals surface area contributed by atoms with Crippen molar-refractivity contribution in [2.45, 2.75) is 57.1 Å². The zero-order valence-corrected chi connectivity index (χ0v) is 15.8. The Kier molecular flexibility index (Phi) is 5.77. The summed E-state index contributed by atoms with van der Waals surface area (Å²) in [5.41, 5.74) is 1.26. The molecular formula is C21H29N3O2. The van der Waals surface area contributed by atoms with Gasteiger partial charge < -0.3 is 10.1 Å². The second kappa shape index (κ2) is 8.04. The molecule has 26 heavy (non-hydrogen) atoms. The van der Waals surface area contributed by atoms with Crippen LogP contribution in [0.2, 0.25) is 0 Å². The molecule has 5 heteroatoms. The molecule has 1 N–H and O–H groups in total. The molecule has 3 rings (SSSR count). The third kappa shape index (κ3) is 4.73. The standard InChI is InChI=1S/C21H29N3O2/c1-20(2)17-21(11-16-26-20,18-7-4-3-5-8-18)10-13-22-19(25)9-15-24-14-6-12-23-24/h3-8,12,14H,9-11,13,15-17H2,1-2H3,(H,22,25)/t21-/m1/s1. The summed E-state index contributed by atoms with van der Waals surface area (Å²) in [5, 5.41) is 7.22. The van der Waals surface area contributed by atoms with Gasteiger partial charge in [0.1, 0.15) is 0 Å². The minimum atomic E-state index is -0.141. The first-order chi connectivity index (χ1) is 12.5. The molecule has 0 spiro atoms. The van der Waals surface area contributed by atoms with Crippen molar-refractivity contribution in [3.63, 3.8) is 0 Å². The van der Waals surface area contributed by atoms with Crippen molar-refractivity contribution >= 4 is 5.91 Å². The van der Waals surface area contributed by atoms with E-state index in [1.165, 1.54) is 5.56 Å². The Labute approximate surface area is 155 Å². The van der Waals surface area contributed by atoms with Gasteiger partial charge >= 0.3 is 0 Å². The number of amides is 1. The van der Waals surface area contributed by atoms with Crippen LogP contribution in [-0.4, -0.2) is 34.4 Å². The van der Waals surface area contributed by atoms with Crippen LogP contribution in [0, 0.1) is 0 Å². The predicted molar refractivity (Wildman–Crippen MR) is 102 cm³/mol. The molecule has 140 valence electrons. The SMILES string of the molecule is CC1(C)C[C@](CCNC(=O)CCn2cccn2)(c2ccccc2)CCO1. The lowest BCUT2D eigenvalue weighted by Gasteiger charge is -2.45. The van der Waals surface area contributed by atoms with Gasteiger partial charge in [0.05, 0.1) is 5.60 Å². The summed E-state index contributed by atoms with van der Waals surface area (Å²) in [6.07, 6.45) is 6.94. The number of hydrogen-bond donors (Lipinski definition) is 1. The molecule has 0 bridgehead atoms. The maximum Gasteiger partial charge on any atom is 0.221 e. The maximum absolute atomic E-state index is 12.2. The molecule has 1 aliphatic rings. The van der Waals surface area contributed by atoms with Crippen LogP contribution in [0.25, 0.3) is 0 Å². The lowest BCUT2D eigenvalue weighted by Crippen LogP contribution is -2.45. The monoisotopic (exact) mass is 355 g/mol. The third-order valence-electron chi connectivity index (χ3n) is 5.28. The summed E-state index contributed by atoms with van der Waals surface area (Å²) in [6, 6.07) is 12.5. The highest BCUT2D eigenvalue weighted by atomic mass is 16.5. The fourth-order valence-corrected chi connectivity index (χ4v) is 4.05. The van der Waals surface area contributed by atoms with Crippen LogP contribution >= 0.6 is 0 Å². The predicted octanol–water partition coefficient (Wildman–Crippen LogP) is 3.31. The second-order valence-electron chi connectivity index (χ2n) is 7.80. The molecule has 1 amide bonds. The first-order valence-corrected chi connectivity index (χ1v) is 9.43. The van der Waals surface area contributed by atoms with E-state index in [0.29, 0.717) is 19.5 Å². The topological polar surface area (TPSA) is 56.2 Å². The van der Waals surface area contributed by atoms with Gasteiger partial charge in [-0.05, 0) is 44.7 Å². The molecule has 1 aromatic heterocycles. The van der Waals surface area contributed by atoms with E-state index < -0.39 is 0 Å².